The number of nitrogens with two attached hydrogens (primary N) is 1. The van der Waals surface area contributed by atoms with Crippen molar-refractivity contribution in [3.63, 3.8) is 0 Å². The number of hydrogen-bond donors (Lipinski definition) is 1. The molecule has 1 atom stereocenters. The normalized spacial score (nSPS) is 12.0. The fraction of sp³-hybridized carbons (Fsp3) is 0.611. The number of halogens is 1. The summed E-state index contributed by atoms with van der Waals surface area (Å²) in [6.07, 6.45) is 0.707. The number of likely N-dealkylation sites (N-methyl/N-ethyl adjacent to an activating group) is 1. The van der Waals surface area contributed by atoms with Crippen molar-refractivity contribution in [2.45, 2.75) is 33.2 Å². The van der Waals surface area contributed by atoms with E-state index < -0.39 is 6.04 Å². The highest BCUT2D eigenvalue weighted by Gasteiger charge is 2.29. The van der Waals surface area contributed by atoms with E-state index >= 15 is 0 Å². The number of carbonyl (C=O) groups is 1. The topological polar surface area (TPSA) is 74.0 Å². The summed E-state index contributed by atoms with van der Waals surface area (Å²) in [7, 11) is 4.96. The second kappa shape index (κ2) is 10.4. The number of benzene rings is 1. The van der Waals surface area contributed by atoms with E-state index in [1.54, 1.807) is 44.4 Å². The van der Waals surface area contributed by atoms with Gasteiger partial charge < -0.3 is 24.8 Å². The average molecular weight is 375 g/mol. The molecule has 0 aromatic heterocycles. The van der Waals surface area contributed by atoms with E-state index in [0.29, 0.717) is 36.8 Å². The summed E-state index contributed by atoms with van der Waals surface area (Å²) in [4.78, 5) is 13.9. The lowest BCUT2D eigenvalue weighted by molar-refractivity contribution is -0.133. The fourth-order valence-corrected chi connectivity index (χ4v) is 2.07. The van der Waals surface area contributed by atoms with Gasteiger partial charge in [0, 0.05) is 31.8 Å². The van der Waals surface area contributed by atoms with Gasteiger partial charge in [0.1, 0.15) is 17.2 Å². The molecule has 0 heterocycles. The number of carbonyl (C=O) groups excluding carboxylic acids is 1. The lowest BCUT2D eigenvalue weighted by Crippen LogP contribution is -2.49. The van der Waals surface area contributed by atoms with Crippen LogP contribution in [0.15, 0.2) is 18.2 Å². The van der Waals surface area contributed by atoms with Gasteiger partial charge in [0.2, 0.25) is 5.91 Å². The van der Waals surface area contributed by atoms with Crippen LogP contribution in [0.1, 0.15) is 27.2 Å². The molecule has 144 valence electrons. The number of hydrogen-bond acceptors (Lipinski definition) is 5. The third kappa shape index (κ3) is 7.40. The molecule has 0 aliphatic heterocycles. The van der Waals surface area contributed by atoms with E-state index in [4.69, 9.17) is 19.9 Å². The molecule has 6 nitrogen and oxygen atoms in total. The van der Waals surface area contributed by atoms with Gasteiger partial charge in [-0.3, -0.25) is 4.79 Å². The van der Waals surface area contributed by atoms with Gasteiger partial charge in [-0.05, 0) is 11.8 Å². The molecule has 0 radical (unpaired) electrons. The average Bonchev–Trinajstić information content (AvgIpc) is 2.55. The molecule has 0 fully saturated rings. The molecule has 0 aliphatic carbocycles. The highest BCUT2D eigenvalue weighted by Crippen LogP contribution is 2.27. The molecule has 1 aromatic rings. The first kappa shape index (κ1) is 23.3. The highest BCUT2D eigenvalue weighted by molar-refractivity contribution is 5.85. The van der Waals surface area contributed by atoms with Gasteiger partial charge in [0.25, 0.3) is 0 Å². The van der Waals surface area contributed by atoms with Crippen LogP contribution in [0.5, 0.6) is 17.2 Å². The molecule has 1 rings (SSSR count). The van der Waals surface area contributed by atoms with Crippen LogP contribution >= 0.6 is 12.4 Å². The van der Waals surface area contributed by atoms with Gasteiger partial charge in [0.05, 0.1) is 26.9 Å². The summed E-state index contributed by atoms with van der Waals surface area (Å²) >= 11 is 0. The Hall–Kier alpha value is -1.66. The molecule has 0 bridgehead atoms. The molecule has 25 heavy (non-hydrogen) atoms. The zero-order valence-corrected chi connectivity index (χ0v) is 16.8. The van der Waals surface area contributed by atoms with Gasteiger partial charge >= 0.3 is 0 Å². The Morgan fingerprint density at radius 3 is 2.04 bits per heavy atom. The van der Waals surface area contributed by atoms with E-state index in [1.807, 2.05) is 20.8 Å². The molecule has 0 spiro atoms. The van der Waals surface area contributed by atoms with E-state index in [0.717, 1.165) is 0 Å². The lowest BCUT2D eigenvalue weighted by atomic mass is 9.86. The van der Waals surface area contributed by atoms with E-state index in [9.17, 15) is 4.79 Å². The number of ether oxygens (including phenoxy) is 3. The van der Waals surface area contributed by atoms with Crippen molar-refractivity contribution in [3.05, 3.63) is 18.2 Å². The molecular formula is C18H31ClN2O4. The summed E-state index contributed by atoms with van der Waals surface area (Å²) in [5, 5.41) is 0. The van der Waals surface area contributed by atoms with Crippen LogP contribution in [0.4, 0.5) is 0 Å². The molecule has 0 aliphatic rings. The van der Waals surface area contributed by atoms with Gasteiger partial charge in [-0.2, -0.15) is 0 Å². The number of amides is 1. The molecule has 1 aromatic carbocycles. The zero-order valence-electron chi connectivity index (χ0n) is 16.0. The first-order valence-electron chi connectivity index (χ1n) is 8.05. The van der Waals surface area contributed by atoms with Crippen LogP contribution in [0.2, 0.25) is 0 Å². The maximum absolute atomic E-state index is 12.2. The third-order valence-corrected chi connectivity index (χ3v) is 3.81. The van der Waals surface area contributed by atoms with Crippen molar-refractivity contribution in [2.24, 2.45) is 11.1 Å². The summed E-state index contributed by atoms with van der Waals surface area (Å²) in [6.45, 7) is 6.95. The molecule has 7 heteroatoms. The summed E-state index contributed by atoms with van der Waals surface area (Å²) in [6, 6.07) is 4.87. The van der Waals surface area contributed by atoms with Crippen molar-refractivity contribution < 1.29 is 19.0 Å². The lowest BCUT2D eigenvalue weighted by Gasteiger charge is -2.30. The van der Waals surface area contributed by atoms with Gasteiger partial charge in [-0.15, -0.1) is 12.4 Å². The Balaban J connectivity index is 0.00000576. The molecule has 1 amide bonds. The van der Waals surface area contributed by atoms with Gasteiger partial charge in [0.15, 0.2) is 0 Å². The van der Waals surface area contributed by atoms with Crippen LogP contribution in [0.25, 0.3) is 0 Å². The monoisotopic (exact) mass is 374 g/mol. The predicted octanol–water partition coefficient (Wildman–Crippen LogP) is 2.73. The Bertz CT molecular complexity index is 524. The van der Waals surface area contributed by atoms with Crippen LogP contribution < -0.4 is 19.9 Å². The van der Waals surface area contributed by atoms with Crippen LogP contribution in [-0.2, 0) is 4.79 Å². The standard InChI is InChI=1S/C18H30N2O4.ClH/c1-18(2,3)16(19)17(21)20(4)8-7-9-24-15-11-13(22-5)10-14(12-15)23-6;/h10-12,16H,7-9,19H2,1-6H3;1H/t16-;/m1./s1. The van der Waals surface area contributed by atoms with E-state index in [1.165, 1.54) is 0 Å². The van der Waals surface area contributed by atoms with Crippen LogP contribution in [0, 0.1) is 5.41 Å². The number of nitrogens with zero attached hydrogens (tertiary/aromatic N) is 1. The van der Waals surface area contributed by atoms with Gasteiger partial charge in [-0.1, -0.05) is 20.8 Å². The van der Waals surface area contributed by atoms with Crippen molar-refractivity contribution >= 4 is 18.3 Å². The molecule has 2 N–H and O–H groups in total. The van der Waals surface area contributed by atoms with Crippen molar-refractivity contribution in [3.8, 4) is 17.2 Å². The second-order valence-electron chi connectivity index (χ2n) is 6.85. The quantitative estimate of drug-likeness (QED) is 0.708. The molecule has 0 saturated carbocycles. The minimum Gasteiger partial charge on any atom is -0.496 e. The Morgan fingerprint density at radius 1 is 1.12 bits per heavy atom. The largest absolute Gasteiger partial charge is 0.496 e. The minimum atomic E-state index is -0.508. The van der Waals surface area contributed by atoms with Gasteiger partial charge in [-0.25, -0.2) is 0 Å². The second-order valence-corrected chi connectivity index (χ2v) is 6.85. The summed E-state index contributed by atoms with van der Waals surface area (Å²) < 4.78 is 16.1. The molecule has 0 saturated heterocycles. The maximum Gasteiger partial charge on any atom is 0.239 e. The Labute approximate surface area is 157 Å². The Morgan fingerprint density at radius 2 is 1.60 bits per heavy atom. The Kier molecular flexibility index (Phi) is 9.67. The van der Waals surface area contributed by atoms with Crippen LogP contribution in [-0.4, -0.2) is 51.3 Å². The van der Waals surface area contributed by atoms with Crippen LogP contribution in [0.3, 0.4) is 0 Å². The smallest absolute Gasteiger partial charge is 0.239 e. The SMILES string of the molecule is COc1cc(OC)cc(OCCCN(C)C(=O)[C@@H](N)C(C)(C)C)c1.Cl. The van der Waals surface area contributed by atoms with E-state index in [-0.39, 0.29) is 23.7 Å². The first-order chi connectivity index (χ1) is 11.2. The molecular weight excluding hydrogens is 344 g/mol. The summed E-state index contributed by atoms with van der Waals surface area (Å²) in [5.74, 6) is 1.97. The maximum atomic E-state index is 12.2. The highest BCUT2D eigenvalue weighted by atomic mass is 35.5. The van der Waals surface area contributed by atoms with E-state index in [2.05, 4.69) is 0 Å². The fourth-order valence-electron chi connectivity index (χ4n) is 2.07. The summed E-state index contributed by atoms with van der Waals surface area (Å²) in [5.41, 5.74) is 5.75. The number of methoxy groups -OCH3 is 2. The zero-order chi connectivity index (χ0) is 18.3. The predicted molar refractivity (Wildman–Crippen MR) is 102 cm³/mol. The first-order valence-corrected chi connectivity index (χ1v) is 8.05. The molecule has 0 unspecified atom stereocenters. The number of rotatable bonds is 8. The van der Waals surface area contributed by atoms with Crippen molar-refractivity contribution in [2.75, 3.05) is 34.4 Å². The third-order valence-electron chi connectivity index (χ3n) is 3.81. The van der Waals surface area contributed by atoms with Crippen molar-refractivity contribution in [1.29, 1.82) is 0 Å². The minimum absolute atomic E-state index is 0. The van der Waals surface area contributed by atoms with Crippen molar-refractivity contribution in [1.82, 2.24) is 4.90 Å².